The molecule has 0 saturated carbocycles. The fourth-order valence-corrected chi connectivity index (χ4v) is 1.26. The summed E-state index contributed by atoms with van der Waals surface area (Å²) in [6.07, 6.45) is 0.925. The summed E-state index contributed by atoms with van der Waals surface area (Å²) in [6, 6.07) is 0.0581. The molecule has 2 N–H and O–H groups in total. The van der Waals surface area contributed by atoms with Crippen molar-refractivity contribution in [1.82, 2.24) is 10.6 Å². The van der Waals surface area contributed by atoms with Crippen LogP contribution in [0.25, 0.3) is 0 Å². The minimum absolute atomic E-state index is 0.000889. The molecule has 96 valence electrons. The lowest BCUT2D eigenvalue weighted by Gasteiger charge is -2.12. The van der Waals surface area contributed by atoms with Gasteiger partial charge < -0.3 is 20.1 Å². The minimum Gasteiger partial charge on any atom is -0.383 e. The standard InChI is InChI=1S/C11H24N2O3/c1-4-16-7-5-6-12-8-11(14)13-10(2)9-15-3/h10,12H,4-9H2,1-3H3,(H,13,14). The zero-order chi connectivity index (χ0) is 12.2. The topological polar surface area (TPSA) is 59.6 Å². The van der Waals surface area contributed by atoms with Crippen LogP contribution in [-0.2, 0) is 14.3 Å². The highest BCUT2D eigenvalue weighted by Crippen LogP contribution is 1.82. The Morgan fingerprint density at radius 2 is 2.19 bits per heavy atom. The van der Waals surface area contributed by atoms with E-state index in [1.165, 1.54) is 0 Å². The highest BCUT2D eigenvalue weighted by Gasteiger charge is 2.05. The molecule has 1 amide bonds. The second-order valence-corrected chi connectivity index (χ2v) is 3.65. The Morgan fingerprint density at radius 1 is 1.44 bits per heavy atom. The summed E-state index contributed by atoms with van der Waals surface area (Å²) in [5.74, 6) is 0.000889. The Balaban J connectivity index is 3.30. The molecule has 0 aliphatic carbocycles. The molecule has 0 bridgehead atoms. The van der Waals surface area contributed by atoms with E-state index in [2.05, 4.69) is 10.6 Å². The van der Waals surface area contributed by atoms with Crippen molar-refractivity contribution in [3.05, 3.63) is 0 Å². The number of ether oxygens (including phenoxy) is 2. The van der Waals surface area contributed by atoms with Crippen LogP contribution in [0.5, 0.6) is 0 Å². The number of hydrogen-bond acceptors (Lipinski definition) is 4. The van der Waals surface area contributed by atoms with Crippen molar-refractivity contribution in [2.24, 2.45) is 0 Å². The van der Waals surface area contributed by atoms with Crippen molar-refractivity contribution < 1.29 is 14.3 Å². The fourth-order valence-electron chi connectivity index (χ4n) is 1.26. The maximum Gasteiger partial charge on any atom is 0.234 e. The molecular formula is C11H24N2O3. The van der Waals surface area contributed by atoms with Gasteiger partial charge in [-0.1, -0.05) is 0 Å². The van der Waals surface area contributed by atoms with Gasteiger partial charge in [-0.15, -0.1) is 0 Å². The first-order valence-electron chi connectivity index (χ1n) is 5.77. The quantitative estimate of drug-likeness (QED) is 0.527. The molecule has 0 aromatic rings. The lowest BCUT2D eigenvalue weighted by Crippen LogP contribution is -2.41. The molecule has 1 atom stereocenters. The second kappa shape index (κ2) is 10.9. The van der Waals surface area contributed by atoms with Crippen LogP contribution in [0.1, 0.15) is 20.3 Å². The number of methoxy groups -OCH3 is 1. The van der Waals surface area contributed by atoms with Gasteiger partial charge in [0.15, 0.2) is 0 Å². The van der Waals surface area contributed by atoms with Crippen molar-refractivity contribution in [2.75, 3.05) is 40.0 Å². The summed E-state index contributed by atoms with van der Waals surface area (Å²) in [4.78, 5) is 11.4. The lowest BCUT2D eigenvalue weighted by atomic mass is 10.3. The smallest absolute Gasteiger partial charge is 0.234 e. The first kappa shape index (κ1) is 15.3. The predicted molar refractivity (Wildman–Crippen MR) is 63.5 cm³/mol. The number of carbonyl (C=O) groups is 1. The van der Waals surface area contributed by atoms with E-state index < -0.39 is 0 Å². The van der Waals surface area contributed by atoms with E-state index in [1.54, 1.807) is 7.11 Å². The van der Waals surface area contributed by atoms with E-state index in [1.807, 2.05) is 13.8 Å². The van der Waals surface area contributed by atoms with E-state index in [-0.39, 0.29) is 11.9 Å². The molecule has 0 radical (unpaired) electrons. The first-order chi connectivity index (χ1) is 7.70. The average Bonchev–Trinajstić information content (AvgIpc) is 2.23. The Kier molecular flexibility index (Phi) is 10.4. The SMILES string of the molecule is CCOCCCNCC(=O)NC(C)COC. The van der Waals surface area contributed by atoms with Gasteiger partial charge in [0.05, 0.1) is 13.2 Å². The molecule has 0 saturated heterocycles. The number of rotatable bonds is 10. The molecule has 0 rings (SSSR count). The van der Waals surface area contributed by atoms with Gasteiger partial charge >= 0.3 is 0 Å². The molecule has 0 aromatic heterocycles. The van der Waals surface area contributed by atoms with Crippen molar-refractivity contribution in [2.45, 2.75) is 26.3 Å². The van der Waals surface area contributed by atoms with Crippen molar-refractivity contribution in [1.29, 1.82) is 0 Å². The summed E-state index contributed by atoms with van der Waals surface area (Å²) in [5.41, 5.74) is 0. The molecule has 5 heteroatoms. The summed E-state index contributed by atoms with van der Waals surface area (Å²) in [6.45, 7) is 7.05. The highest BCUT2D eigenvalue weighted by molar-refractivity contribution is 5.78. The maximum absolute atomic E-state index is 11.4. The largest absolute Gasteiger partial charge is 0.383 e. The van der Waals surface area contributed by atoms with E-state index in [4.69, 9.17) is 9.47 Å². The first-order valence-corrected chi connectivity index (χ1v) is 5.77. The van der Waals surface area contributed by atoms with Crippen LogP contribution < -0.4 is 10.6 Å². The monoisotopic (exact) mass is 232 g/mol. The van der Waals surface area contributed by atoms with Gasteiger partial charge in [0, 0.05) is 26.4 Å². The van der Waals surface area contributed by atoms with Crippen molar-refractivity contribution in [3.63, 3.8) is 0 Å². The van der Waals surface area contributed by atoms with Crippen molar-refractivity contribution in [3.8, 4) is 0 Å². The van der Waals surface area contributed by atoms with Gasteiger partial charge in [-0.25, -0.2) is 0 Å². The summed E-state index contributed by atoms with van der Waals surface area (Å²) < 4.78 is 10.1. The third kappa shape index (κ3) is 9.89. The molecule has 0 aromatic carbocycles. The van der Waals surface area contributed by atoms with E-state index in [0.29, 0.717) is 13.2 Å². The molecule has 0 fully saturated rings. The second-order valence-electron chi connectivity index (χ2n) is 3.65. The average molecular weight is 232 g/mol. The zero-order valence-corrected chi connectivity index (χ0v) is 10.5. The molecule has 0 aliphatic rings. The number of nitrogens with one attached hydrogen (secondary N) is 2. The summed E-state index contributed by atoms with van der Waals surface area (Å²) in [5, 5.41) is 5.88. The Bertz CT molecular complexity index is 177. The zero-order valence-electron chi connectivity index (χ0n) is 10.5. The van der Waals surface area contributed by atoms with Crippen LogP contribution in [0.4, 0.5) is 0 Å². The van der Waals surface area contributed by atoms with Crippen LogP contribution in [0.2, 0.25) is 0 Å². The third-order valence-electron chi connectivity index (χ3n) is 1.96. The molecule has 5 nitrogen and oxygen atoms in total. The van der Waals surface area contributed by atoms with Gasteiger partial charge in [-0.3, -0.25) is 4.79 Å². The van der Waals surface area contributed by atoms with Gasteiger partial charge in [0.25, 0.3) is 0 Å². The maximum atomic E-state index is 11.4. The van der Waals surface area contributed by atoms with E-state index in [0.717, 1.165) is 26.2 Å². The van der Waals surface area contributed by atoms with Gasteiger partial charge in [0.1, 0.15) is 0 Å². The predicted octanol–water partition coefficient (Wildman–Crippen LogP) is 0.154. The molecule has 0 heterocycles. The Hall–Kier alpha value is -0.650. The fraction of sp³-hybridized carbons (Fsp3) is 0.909. The van der Waals surface area contributed by atoms with Crippen LogP contribution in [0.3, 0.4) is 0 Å². The molecule has 1 unspecified atom stereocenters. The normalized spacial score (nSPS) is 12.4. The van der Waals surface area contributed by atoms with Crippen LogP contribution >= 0.6 is 0 Å². The molecule has 0 aliphatic heterocycles. The van der Waals surface area contributed by atoms with Gasteiger partial charge in [-0.05, 0) is 26.8 Å². The summed E-state index contributed by atoms with van der Waals surface area (Å²) in [7, 11) is 1.62. The highest BCUT2D eigenvalue weighted by atomic mass is 16.5. The van der Waals surface area contributed by atoms with E-state index in [9.17, 15) is 4.79 Å². The van der Waals surface area contributed by atoms with Crippen LogP contribution in [-0.4, -0.2) is 52.0 Å². The van der Waals surface area contributed by atoms with Crippen LogP contribution in [0, 0.1) is 0 Å². The van der Waals surface area contributed by atoms with Gasteiger partial charge in [-0.2, -0.15) is 0 Å². The van der Waals surface area contributed by atoms with Crippen molar-refractivity contribution >= 4 is 5.91 Å². The third-order valence-corrected chi connectivity index (χ3v) is 1.96. The number of carbonyl (C=O) groups excluding carboxylic acids is 1. The summed E-state index contributed by atoms with van der Waals surface area (Å²) >= 11 is 0. The number of amides is 1. The van der Waals surface area contributed by atoms with E-state index >= 15 is 0 Å². The van der Waals surface area contributed by atoms with Gasteiger partial charge in [0.2, 0.25) is 5.91 Å². The molecule has 16 heavy (non-hydrogen) atoms. The lowest BCUT2D eigenvalue weighted by molar-refractivity contribution is -0.121. The molecular weight excluding hydrogens is 208 g/mol. The Labute approximate surface area is 97.9 Å². The number of hydrogen-bond donors (Lipinski definition) is 2. The van der Waals surface area contributed by atoms with Crippen LogP contribution in [0.15, 0.2) is 0 Å². The minimum atomic E-state index is 0.000889. The Morgan fingerprint density at radius 3 is 2.81 bits per heavy atom. The molecule has 0 spiro atoms.